The molecule has 7 heteroatoms. The number of benzene rings is 1. The smallest absolute Gasteiger partial charge is 0.172 e. The van der Waals surface area contributed by atoms with Crippen LogP contribution in [0.25, 0.3) is 16.9 Å². The Morgan fingerprint density at radius 1 is 1.21 bits per heavy atom. The van der Waals surface area contributed by atoms with Crippen molar-refractivity contribution < 1.29 is 0 Å². The molecular weight excluding hydrogens is 390 g/mol. The summed E-state index contributed by atoms with van der Waals surface area (Å²) < 4.78 is 2.66. The summed E-state index contributed by atoms with van der Waals surface area (Å²) in [6.07, 6.45) is 3.96. The van der Waals surface area contributed by atoms with Gasteiger partial charge in [0.05, 0.1) is 16.4 Å². The van der Waals surface area contributed by atoms with E-state index < -0.39 is 0 Å². The van der Waals surface area contributed by atoms with E-state index in [1.807, 2.05) is 41.9 Å². The Labute approximate surface area is 154 Å². The van der Waals surface area contributed by atoms with E-state index in [0.717, 1.165) is 53.1 Å². The van der Waals surface area contributed by atoms with Crippen LogP contribution in [0.4, 0.5) is 5.82 Å². The van der Waals surface area contributed by atoms with Gasteiger partial charge in [0.1, 0.15) is 5.82 Å². The summed E-state index contributed by atoms with van der Waals surface area (Å²) in [5.74, 6) is 0.907. The third kappa shape index (κ3) is 3.71. The zero-order chi connectivity index (χ0) is 16.9. The molecule has 3 rings (SSSR count). The number of anilines is 1. The molecular formula is C17H19BrClN5. The van der Waals surface area contributed by atoms with Crippen LogP contribution in [0.15, 0.2) is 41.0 Å². The lowest BCUT2D eigenvalue weighted by Crippen LogP contribution is -2.12. The van der Waals surface area contributed by atoms with Crippen LogP contribution in [0, 0.1) is 0 Å². The maximum absolute atomic E-state index is 6.34. The molecule has 0 saturated heterocycles. The van der Waals surface area contributed by atoms with Gasteiger partial charge in [0.15, 0.2) is 5.65 Å². The molecule has 0 aliphatic carbocycles. The summed E-state index contributed by atoms with van der Waals surface area (Å²) in [4.78, 5) is 4.70. The second kappa shape index (κ2) is 7.96. The van der Waals surface area contributed by atoms with Crippen molar-refractivity contribution >= 4 is 39.0 Å². The Morgan fingerprint density at radius 3 is 2.79 bits per heavy atom. The molecule has 0 radical (unpaired) electrons. The largest absolute Gasteiger partial charge is 0.370 e. The SMILES string of the molecule is CNCCCCNc1cc(-c2ccccc2Cl)nc2c(Br)cnn12. The van der Waals surface area contributed by atoms with E-state index in [1.54, 1.807) is 6.20 Å². The molecule has 0 bridgehead atoms. The number of aromatic nitrogens is 3. The fourth-order valence-corrected chi connectivity index (χ4v) is 3.09. The summed E-state index contributed by atoms with van der Waals surface area (Å²) in [5.41, 5.74) is 2.50. The second-order valence-electron chi connectivity index (χ2n) is 5.47. The second-order valence-corrected chi connectivity index (χ2v) is 6.73. The van der Waals surface area contributed by atoms with Gasteiger partial charge in [-0.1, -0.05) is 29.8 Å². The highest BCUT2D eigenvalue weighted by Gasteiger charge is 2.12. The predicted molar refractivity (Wildman–Crippen MR) is 103 cm³/mol. The molecule has 0 aliphatic heterocycles. The number of unbranched alkanes of at least 4 members (excludes halogenated alkanes) is 1. The molecule has 2 N–H and O–H groups in total. The monoisotopic (exact) mass is 407 g/mol. The van der Waals surface area contributed by atoms with Crippen molar-refractivity contribution in [3.63, 3.8) is 0 Å². The first-order valence-electron chi connectivity index (χ1n) is 7.88. The number of fused-ring (bicyclic) bond motifs is 1. The van der Waals surface area contributed by atoms with E-state index in [2.05, 4.69) is 31.7 Å². The number of rotatable bonds is 7. The van der Waals surface area contributed by atoms with Crippen molar-refractivity contribution in [2.24, 2.45) is 0 Å². The van der Waals surface area contributed by atoms with Crippen LogP contribution in [0.2, 0.25) is 5.02 Å². The van der Waals surface area contributed by atoms with Gasteiger partial charge in [-0.15, -0.1) is 0 Å². The van der Waals surface area contributed by atoms with Gasteiger partial charge in [0, 0.05) is 23.2 Å². The average Bonchev–Trinajstić information content (AvgIpc) is 2.96. The highest BCUT2D eigenvalue weighted by Crippen LogP contribution is 2.30. The predicted octanol–water partition coefficient (Wildman–Crippen LogP) is 4.22. The molecule has 1 aromatic carbocycles. The van der Waals surface area contributed by atoms with Gasteiger partial charge in [-0.3, -0.25) is 0 Å². The fourth-order valence-electron chi connectivity index (χ4n) is 2.51. The fraction of sp³-hybridized carbons (Fsp3) is 0.294. The Bertz CT molecular complexity index is 833. The lowest BCUT2D eigenvalue weighted by molar-refractivity contribution is 0.692. The van der Waals surface area contributed by atoms with Crippen molar-refractivity contribution in [2.75, 3.05) is 25.5 Å². The molecule has 2 aromatic heterocycles. The van der Waals surface area contributed by atoms with Crippen LogP contribution in [0.3, 0.4) is 0 Å². The zero-order valence-electron chi connectivity index (χ0n) is 13.4. The van der Waals surface area contributed by atoms with E-state index in [1.165, 1.54) is 0 Å². The summed E-state index contributed by atoms with van der Waals surface area (Å²) >= 11 is 9.85. The number of halogens is 2. The van der Waals surface area contributed by atoms with Gasteiger partial charge < -0.3 is 10.6 Å². The molecule has 5 nitrogen and oxygen atoms in total. The molecule has 0 amide bonds. The summed E-state index contributed by atoms with van der Waals surface area (Å²) in [6, 6.07) is 9.72. The molecule has 126 valence electrons. The van der Waals surface area contributed by atoms with Gasteiger partial charge in [0.2, 0.25) is 0 Å². The lowest BCUT2D eigenvalue weighted by Gasteiger charge is -2.11. The van der Waals surface area contributed by atoms with Crippen LogP contribution in [0.5, 0.6) is 0 Å². The van der Waals surface area contributed by atoms with Crippen molar-refractivity contribution in [3.05, 3.63) is 46.0 Å². The maximum Gasteiger partial charge on any atom is 0.172 e. The van der Waals surface area contributed by atoms with Gasteiger partial charge in [0.25, 0.3) is 0 Å². The van der Waals surface area contributed by atoms with Crippen LogP contribution in [0.1, 0.15) is 12.8 Å². The molecule has 0 spiro atoms. The Kier molecular flexibility index (Phi) is 5.71. The number of nitrogens with one attached hydrogen (secondary N) is 2. The summed E-state index contributed by atoms with van der Waals surface area (Å²) in [5, 5.41) is 11.7. The molecule has 0 aliphatic rings. The van der Waals surface area contributed by atoms with E-state index >= 15 is 0 Å². The van der Waals surface area contributed by atoms with Crippen LogP contribution in [-0.4, -0.2) is 34.7 Å². The minimum absolute atomic E-state index is 0.685. The van der Waals surface area contributed by atoms with Gasteiger partial charge in [-0.25, -0.2) is 4.98 Å². The first-order valence-corrected chi connectivity index (χ1v) is 9.05. The lowest BCUT2D eigenvalue weighted by atomic mass is 10.1. The Balaban J connectivity index is 1.94. The maximum atomic E-state index is 6.34. The van der Waals surface area contributed by atoms with Crippen LogP contribution < -0.4 is 10.6 Å². The first kappa shape index (κ1) is 17.2. The standard InChI is InChI=1S/C17H19BrClN5/c1-20-8-4-5-9-21-16-10-15(12-6-2-3-7-14(12)19)23-17-13(18)11-22-24(16)17/h2-3,6-7,10-11,20-21H,4-5,8-9H2,1H3. The molecule has 0 fully saturated rings. The van der Waals surface area contributed by atoms with E-state index in [4.69, 9.17) is 16.6 Å². The molecule has 3 aromatic rings. The summed E-state index contributed by atoms with van der Waals surface area (Å²) in [7, 11) is 1.97. The van der Waals surface area contributed by atoms with E-state index in [9.17, 15) is 0 Å². The Hall–Kier alpha value is -1.63. The minimum Gasteiger partial charge on any atom is -0.370 e. The van der Waals surface area contributed by atoms with E-state index in [0.29, 0.717) is 5.02 Å². The van der Waals surface area contributed by atoms with Crippen molar-refractivity contribution in [1.82, 2.24) is 19.9 Å². The summed E-state index contributed by atoms with van der Waals surface area (Å²) in [6.45, 7) is 1.89. The molecule has 0 atom stereocenters. The molecule has 0 unspecified atom stereocenters. The molecule has 2 heterocycles. The highest BCUT2D eigenvalue weighted by molar-refractivity contribution is 9.10. The van der Waals surface area contributed by atoms with Gasteiger partial charge in [-0.05, 0) is 48.4 Å². The van der Waals surface area contributed by atoms with Crippen LogP contribution in [-0.2, 0) is 0 Å². The average molecular weight is 409 g/mol. The molecule has 24 heavy (non-hydrogen) atoms. The van der Waals surface area contributed by atoms with Crippen molar-refractivity contribution in [3.8, 4) is 11.3 Å². The zero-order valence-corrected chi connectivity index (χ0v) is 15.7. The van der Waals surface area contributed by atoms with Gasteiger partial charge >= 0.3 is 0 Å². The van der Waals surface area contributed by atoms with Crippen molar-refractivity contribution in [2.45, 2.75) is 12.8 Å². The number of hydrogen-bond acceptors (Lipinski definition) is 4. The molecule has 0 saturated carbocycles. The van der Waals surface area contributed by atoms with E-state index in [-0.39, 0.29) is 0 Å². The third-order valence-corrected chi connectivity index (χ3v) is 4.63. The highest BCUT2D eigenvalue weighted by atomic mass is 79.9. The van der Waals surface area contributed by atoms with Crippen molar-refractivity contribution in [1.29, 1.82) is 0 Å². The number of hydrogen-bond donors (Lipinski definition) is 2. The Morgan fingerprint density at radius 2 is 2.00 bits per heavy atom. The third-order valence-electron chi connectivity index (χ3n) is 3.74. The topological polar surface area (TPSA) is 54.2 Å². The normalized spacial score (nSPS) is 11.1. The number of nitrogens with zero attached hydrogens (tertiary/aromatic N) is 3. The van der Waals surface area contributed by atoms with Gasteiger partial charge in [-0.2, -0.15) is 9.61 Å². The first-order chi connectivity index (χ1) is 11.7. The van der Waals surface area contributed by atoms with Crippen LogP contribution >= 0.6 is 27.5 Å². The quantitative estimate of drug-likeness (QED) is 0.575. The minimum atomic E-state index is 0.685.